The molecule has 33 heavy (non-hydrogen) atoms. The highest BCUT2D eigenvalue weighted by Crippen LogP contribution is 2.40. The second-order valence-electron chi connectivity index (χ2n) is 7.16. The Morgan fingerprint density at radius 1 is 1.06 bits per heavy atom. The lowest BCUT2D eigenvalue weighted by atomic mass is 9.82. The molecule has 0 radical (unpaired) electrons. The monoisotopic (exact) mass is 492 g/mol. The summed E-state index contributed by atoms with van der Waals surface area (Å²) in [5.41, 5.74) is 4.42. The Balaban J connectivity index is 1.89. The SMILES string of the molecule is CS(=O)(=O)Oc1ccc(C2(c3ccc(F)c(-c4cc(F)cnc4Cl)c3)N=C(N)NC2=O)cc1. The number of aromatic nitrogens is 1. The minimum Gasteiger partial charge on any atom is -0.383 e. The average Bonchev–Trinajstić information content (AvgIpc) is 3.04. The molecule has 2 heterocycles. The Labute approximate surface area is 192 Å². The van der Waals surface area contributed by atoms with Gasteiger partial charge in [0.25, 0.3) is 5.91 Å². The molecule has 0 saturated heterocycles. The van der Waals surface area contributed by atoms with Crippen molar-refractivity contribution >= 4 is 33.6 Å². The van der Waals surface area contributed by atoms with Gasteiger partial charge in [-0.15, -0.1) is 0 Å². The van der Waals surface area contributed by atoms with Gasteiger partial charge < -0.3 is 9.92 Å². The lowest BCUT2D eigenvalue weighted by Crippen LogP contribution is -2.39. The Morgan fingerprint density at radius 3 is 2.33 bits per heavy atom. The van der Waals surface area contributed by atoms with Crippen LogP contribution in [-0.4, -0.2) is 31.5 Å². The van der Waals surface area contributed by atoms with Crippen LogP contribution in [0.3, 0.4) is 0 Å². The topological polar surface area (TPSA) is 124 Å². The summed E-state index contributed by atoms with van der Waals surface area (Å²) >= 11 is 6.05. The average molecular weight is 493 g/mol. The van der Waals surface area contributed by atoms with E-state index < -0.39 is 33.2 Å². The maximum Gasteiger partial charge on any atom is 0.306 e. The number of carbonyl (C=O) groups excluding carboxylic acids is 1. The molecule has 1 aliphatic rings. The predicted octanol–water partition coefficient (Wildman–Crippen LogP) is 2.71. The normalized spacial score (nSPS) is 18.1. The molecule has 3 aromatic rings. The first-order chi connectivity index (χ1) is 15.5. The minimum atomic E-state index is -3.76. The number of nitrogens with two attached hydrogens (primary N) is 1. The van der Waals surface area contributed by atoms with Crippen LogP contribution in [0.1, 0.15) is 11.1 Å². The number of guanidine groups is 1. The maximum atomic E-state index is 14.7. The van der Waals surface area contributed by atoms with Crippen molar-refractivity contribution in [3.05, 3.63) is 82.6 Å². The molecule has 0 spiro atoms. The van der Waals surface area contributed by atoms with Gasteiger partial charge in [-0.1, -0.05) is 29.8 Å². The summed E-state index contributed by atoms with van der Waals surface area (Å²) in [6, 6.07) is 10.3. The van der Waals surface area contributed by atoms with Gasteiger partial charge >= 0.3 is 10.1 Å². The number of hydrogen-bond acceptors (Lipinski definition) is 7. The Hall–Kier alpha value is -3.57. The van der Waals surface area contributed by atoms with Gasteiger partial charge in [0.1, 0.15) is 22.5 Å². The van der Waals surface area contributed by atoms with E-state index in [-0.39, 0.29) is 33.6 Å². The fourth-order valence-electron chi connectivity index (χ4n) is 3.52. The van der Waals surface area contributed by atoms with E-state index in [1.165, 1.54) is 36.4 Å². The van der Waals surface area contributed by atoms with Crippen LogP contribution in [0.4, 0.5) is 8.78 Å². The molecule has 170 valence electrons. The molecule has 1 amide bonds. The molecule has 12 heteroatoms. The zero-order valence-corrected chi connectivity index (χ0v) is 18.4. The van der Waals surface area contributed by atoms with E-state index >= 15 is 0 Å². The van der Waals surface area contributed by atoms with Crippen LogP contribution < -0.4 is 15.2 Å². The van der Waals surface area contributed by atoms with Gasteiger partial charge in [-0.3, -0.25) is 10.1 Å². The zero-order chi connectivity index (χ0) is 24.0. The van der Waals surface area contributed by atoms with E-state index in [0.29, 0.717) is 5.56 Å². The van der Waals surface area contributed by atoms with Crippen molar-refractivity contribution in [1.29, 1.82) is 0 Å². The van der Waals surface area contributed by atoms with Crippen molar-refractivity contribution in [2.24, 2.45) is 10.7 Å². The number of nitrogens with one attached hydrogen (secondary N) is 1. The Bertz CT molecular complexity index is 1410. The number of nitrogens with zero attached hydrogens (tertiary/aromatic N) is 2. The molecule has 3 N–H and O–H groups in total. The van der Waals surface area contributed by atoms with Gasteiger partial charge in [0.2, 0.25) is 0 Å². The first kappa shape index (κ1) is 22.6. The summed E-state index contributed by atoms with van der Waals surface area (Å²) < 4.78 is 56.1. The Morgan fingerprint density at radius 2 is 1.73 bits per heavy atom. The number of carbonyl (C=O) groups is 1. The van der Waals surface area contributed by atoms with Crippen LogP contribution in [-0.2, 0) is 20.5 Å². The summed E-state index contributed by atoms with van der Waals surface area (Å²) in [6.45, 7) is 0. The quantitative estimate of drug-likeness (QED) is 0.417. The second-order valence-corrected chi connectivity index (χ2v) is 9.09. The molecular formula is C21H15ClF2N4O4S. The number of halogens is 3. The van der Waals surface area contributed by atoms with Crippen molar-refractivity contribution in [2.45, 2.75) is 5.54 Å². The van der Waals surface area contributed by atoms with Gasteiger partial charge in [-0.05, 0) is 41.5 Å². The number of rotatable bonds is 5. The fourth-order valence-corrected chi connectivity index (χ4v) is 4.18. The van der Waals surface area contributed by atoms with E-state index in [2.05, 4.69) is 15.3 Å². The first-order valence-corrected chi connectivity index (χ1v) is 11.5. The molecule has 1 aromatic heterocycles. The summed E-state index contributed by atoms with van der Waals surface area (Å²) in [6.07, 6.45) is 1.79. The summed E-state index contributed by atoms with van der Waals surface area (Å²) in [5, 5.41) is 2.28. The summed E-state index contributed by atoms with van der Waals surface area (Å²) in [7, 11) is -3.76. The van der Waals surface area contributed by atoms with Crippen molar-refractivity contribution in [3.8, 4) is 16.9 Å². The predicted molar refractivity (Wildman–Crippen MR) is 117 cm³/mol. The molecule has 0 fully saturated rings. The van der Waals surface area contributed by atoms with Crippen molar-refractivity contribution in [1.82, 2.24) is 10.3 Å². The largest absolute Gasteiger partial charge is 0.383 e. The molecular weight excluding hydrogens is 478 g/mol. The van der Waals surface area contributed by atoms with Gasteiger partial charge in [-0.2, -0.15) is 8.42 Å². The standard InChI is InChI=1S/C21H15ClF2N4O4S/c1-33(30,31)32-14-5-2-11(3-6-14)21(19(29)27-20(25)28-21)12-4-7-17(24)15(8-12)16-9-13(23)10-26-18(16)22/h2-10H,1H3,(H3,25,27,28,29). The van der Waals surface area contributed by atoms with Gasteiger partial charge in [-0.25, -0.2) is 18.8 Å². The van der Waals surface area contributed by atoms with Gasteiger partial charge in [0.15, 0.2) is 11.5 Å². The lowest BCUT2D eigenvalue weighted by molar-refractivity contribution is -0.122. The van der Waals surface area contributed by atoms with Gasteiger partial charge in [0, 0.05) is 11.1 Å². The third kappa shape index (κ3) is 4.24. The van der Waals surface area contributed by atoms with E-state index in [1.807, 2.05) is 0 Å². The molecule has 0 saturated carbocycles. The maximum absolute atomic E-state index is 14.7. The van der Waals surface area contributed by atoms with Crippen LogP contribution in [0.2, 0.25) is 5.15 Å². The van der Waals surface area contributed by atoms with Crippen molar-refractivity contribution < 1.29 is 26.2 Å². The van der Waals surface area contributed by atoms with Crippen LogP contribution in [0, 0.1) is 11.6 Å². The van der Waals surface area contributed by atoms with E-state index in [1.54, 1.807) is 0 Å². The number of hydrogen-bond donors (Lipinski definition) is 2. The van der Waals surface area contributed by atoms with Gasteiger partial charge in [0.05, 0.1) is 12.5 Å². The second kappa shape index (κ2) is 8.09. The molecule has 1 atom stereocenters. The molecule has 1 unspecified atom stereocenters. The molecule has 0 aliphatic carbocycles. The van der Waals surface area contributed by atoms with E-state index in [9.17, 15) is 22.0 Å². The van der Waals surface area contributed by atoms with Crippen LogP contribution in [0.25, 0.3) is 11.1 Å². The third-order valence-corrected chi connectivity index (χ3v) is 5.65. The third-order valence-electron chi connectivity index (χ3n) is 4.86. The van der Waals surface area contributed by atoms with Crippen LogP contribution in [0.5, 0.6) is 5.75 Å². The molecule has 2 aromatic carbocycles. The number of amides is 1. The fraction of sp³-hybridized carbons (Fsp3) is 0.0952. The van der Waals surface area contributed by atoms with E-state index in [4.69, 9.17) is 21.5 Å². The molecule has 0 bridgehead atoms. The summed E-state index contributed by atoms with van der Waals surface area (Å²) in [5.74, 6) is -2.23. The van der Waals surface area contributed by atoms with Crippen molar-refractivity contribution in [2.75, 3.05) is 6.26 Å². The van der Waals surface area contributed by atoms with Crippen LogP contribution >= 0.6 is 11.6 Å². The highest BCUT2D eigenvalue weighted by molar-refractivity contribution is 7.86. The zero-order valence-electron chi connectivity index (χ0n) is 16.8. The summed E-state index contributed by atoms with van der Waals surface area (Å²) in [4.78, 5) is 21.0. The number of pyridine rings is 1. The van der Waals surface area contributed by atoms with Crippen LogP contribution in [0.15, 0.2) is 59.7 Å². The lowest BCUT2D eigenvalue weighted by Gasteiger charge is -2.25. The highest BCUT2D eigenvalue weighted by atomic mass is 35.5. The first-order valence-electron chi connectivity index (χ1n) is 9.28. The Kier molecular flexibility index (Phi) is 5.54. The molecule has 4 rings (SSSR count). The minimum absolute atomic E-state index is 0.0153. The molecule has 1 aliphatic heterocycles. The van der Waals surface area contributed by atoms with E-state index in [0.717, 1.165) is 24.6 Å². The number of benzene rings is 2. The number of aliphatic imine (C=N–C) groups is 1. The highest BCUT2D eigenvalue weighted by Gasteiger charge is 2.47. The molecule has 8 nitrogen and oxygen atoms in total. The smallest absolute Gasteiger partial charge is 0.306 e. The van der Waals surface area contributed by atoms with Crippen molar-refractivity contribution in [3.63, 3.8) is 0 Å².